The van der Waals surface area contributed by atoms with Crippen molar-refractivity contribution in [2.45, 2.75) is 59.7 Å². The van der Waals surface area contributed by atoms with Crippen LogP contribution in [0.25, 0.3) is 0 Å². The van der Waals surface area contributed by atoms with Crippen LogP contribution in [0.2, 0.25) is 0 Å². The number of amides is 2. The zero-order valence-electron chi connectivity index (χ0n) is 21.8. The van der Waals surface area contributed by atoms with E-state index in [0.29, 0.717) is 11.3 Å². The summed E-state index contributed by atoms with van der Waals surface area (Å²) in [4.78, 5) is 40.7. The topological polar surface area (TPSA) is 136 Å². The molecule has 196 valence electrons. The third-order valence-corrected chi connectivity index (χ3v) is 3.71. The van der Waals surface area contributed by atoms with Gasteiger partial charge in [0, 0.05) is 5.69 Å². The lowest BCUT2D eigenvalue weighted by Gasteiger charge is -2.21. The molecule has 1 aromatic carbocycles. The van der Waals surface area contributed by atoms with Gasteiger partial charge in [-0.2, -0.15) is 0 Å². The van der Waals surface area contributed by atoms with Crippen LogP contribution in [0.15, 0.2) is 65.4 Å². The molecule has 3 N–H and O–H groups in total. The van der Waals surface area contributed by atoms with Gasteiger partial charge in [-0.05, 0) is 84.4 Å². The number of aliphatic imine (C=N–C) groups is 1. The standard InChI is InChI=1S/C26H35N3O7/c1-17(2)20(11-9-10-16-30)34-21(31)18-12-14-19(15-13-18)27-22(28-23(32)35-25(3,4)5)29-24(33)36-26(6,7)8/h9-15,30H,1,16H2,2-8H3,(H2,27,28,29,32,33)/b10-9+,20-11+. The zero-order valence-corrected chi connectivity index (χ0v) is 21.8. The summed E-state index contributed by atoms with van der Waals surface area (Å²) < 4.78 is 15.8. The molecule has 0 bridgehead atoms. The number of hydrogen-bond donors (Lipinski definition) is 3. The quantitative estimate of drug-likeness (QED) is 0.123. The number of guanidine groups is 1. The van der Waals surface area contributed by atoms with Crippen molar-refractivity contribution in [2.75, 3.05) is 11.9 Å². The van der Waals surface area contributed by atoms with Crippen molar-refractivity contribution < 1.29 is 33.7 Å². The van der Waals surface area contributed by atoms with Crippen molar-refractivity contribution in [3.8, 4) is 0 Å². The molecule has 0 spiro atoms. The maximum absolute atomic E-state index is 12.5. The number of benzene rings is 1. The second kappa shape index (κ2) is 13.2. The zero-order chi connectivity index (χ0) is 27.5. The highest BCUT2D eigenvalue weighted by molar-refractivity contribution is 6.06. The molecule has 0 atom stereocenters. The van der Waals surface area contributed by atoms with Crippen molar-refractivity contribution in [3.63, 3.8) is 0 Å². The van der Waals surface area contributed by atoms with Gasteiger partial charge >= 0.3 is 18.2 Å². The minimum atomic E-state index is -0.921. The molecule has 10 heteroatoms. The van der Waals surface area contributed by atoms with Crippen LogP contribution in [0.4, 0.5) is 15.3 Å². The van der Waals surface area contributed by atoms with Crippen molar-refractivity contribution in [3.05, 3.63) is 66.0 Å². The number of nitrogens with one attached hydrogen (secondary N) is 2. The maximum atomic E-state index is 12.5. The molecule has 0 aliphatic heterocycles. The van der Waals surface area contributed by atoms with Crippen LogP contribution >= 0.6 is 0 Å². The second-order valence-electron chi connectivity index (χ2n) is 9.58. The number of carbonyl (C=O) groups is 3. The number of aliphatic hydroxyl groups is 1. The van der Waals surface area contributed by atoms with Gasteiger partial charge in [0.15, 0.2) is 0 Å². The van der Waals surface area contributed by atoms with Crippen LogP contribution in [-0.2, 0) is 14.2 Å². The molecule has 0 saturated carbocycles. The number of hydrogen-bond acceptors (Lipinski definition) is 7. The Hall–Kier alpha value is -3.92. The molecule has 0 fully saturated rings. The molecular weight excluding hydrogens is 466 g/mol. The Morgan fingerprint density at radius 1 is 1.03 bits per heavy atom. The van der Waals surface area contributed by atoms with Crippen molar-refractivity contribution in [1.29, 1.82) is 0 Å². The van der Waals surface area contributed by atoms with Crippen LogP contribution < -0.4 is 10.6 Å². The SMILES string of the molecule is C=C(C)/C(=C\C=C\CO)OC(=O)c1ccc(NC(=NC(=O)OC(C)(C)C)NC(=O)OC(C)(C)C)cc1. The molecule has 36 heavy (non-hydrogen) atoms. The van der Waals surface area contributed by atoms with E-state index in [-0.39, 0.29) is 23.9 Å². The van der Waals surface area contributed by atoms with Gasteiger partial charge in [-0.15, -0.1) is 4.99 Å². The van der Waals surface area contributed by atoms with E-state index in [0.717, 1.165) is 0 Å². The summed E-state index contributed by atoms with van der Waals surface area (Å²) in [5, 5.41) is 14.0. The molecule has 1 rings (SSSR count). The van der Waals surface area contributed by atoms with E-state index in [4.69, 9.17) is 19.3 Å². The molecule has 10 nitrogen and oxygen atoms in total. The summed E-state index contributed by atoms with van der Waals surface area (Å²) in [6, 6.07) is 6.05. The number of allylic oxidation sites excluding steroid dienone is 3. The van der Waals surface area contributed by atoms with E-state index in [1.54, 1.807) is 54.5 Å². The second-order valence-corrected chi connectivity index (χ2v) is 9.58. The minimum Gasteiger partial charge on any atom is -0.444 e. The number of alkyl carbamates (subject to hydrolysis) is 1. The summed E-state index contributed by atoms with van der Waals surface area (Å²) >= 11 is 0. The van der Waals surface area contributed by atoms with Gasteiger partial charge in [0.25, 0.3) is 0 Å². The van der Waals surface area contributed by atoms with E-state index < -0.39 is 29.4 Å². The summed E-state index contributed by atoms with van der Waals surface area (Å²) in [5.41, 5.74) is -0.380. The normalized spacial score (nSPS) is 12.7. The van der Waals surface area contributed by atoms with Crippen molar-refractivity contribution in [1.82, 2.24) is 5.32 Å². The molecule has 0 radical (unpaired) electrons. The first kappa shape index (κ1) is 30.1. The lowest BCUT2D eigenvalue weighted by molar-refractivity contribution is 0.0560. The van der Waals surface area contributed by atoms with E-state index in [2.05, 4.69) is 22.2 Å². The third-order valence-electron chi connectivity index (χ3n) is 3.71. The molecule has 0 heterocycles. The van der Waals surface area contributed by atoms with E-state index in [1.165, 1.54) is 36.4 Å². The van der Waals surface area contributed by atoms with Gasteiger partial charge in [-0.1, -0.05) is 18.7 Å². The van der Waals surface area contributed by atoms with Crippen LogP contribution in [0, 0.1) is 0 Å². The molecule has 0 saturated heterocycles. The predicted octanol–water partition coefficient (Wildman–Crippen LogP) is 5.08. The first-order chi connectivity index (χ1) is 16.6. The molecule has 0 aliphatic rings. The lowest BCUT2D eigenvalue weighted by Crippen LogP contribution is -2.40. The number of ether oxygens (including phenoxy) is 3. The molecule has 2 amide bonds. The van der Waals surface area contributed by atoms with Gasteiger partial charge in [-0.3, -0.25) is 5.32 Å². The fourth-order valence-corrected chi connectivity index (χ4v) is 2.33. The van der Waals surface area contributed by atoms with Crippen molar-refractivity contribution in [2.24, 2.45) is 4.99 Å². The first-order valence-corrected chi connectivity index (χ1v) is 11.1. The fraction of sp³-hybridized carbons (Fsp3) is 0.385. The van der Waals surface area contributed by atoms with Crippen LogP contribution in [-0.4, -0.2) is 47.0 Å². The Morgan fingerprint density at radius 2 is 1.61 bits per heavy atom. The summed E-state index contributed by atoms with van der Waals surface area (Å²) in [6.45, 7) is 15.4. The van der Waals surface area contributed by atoms with E-state index in [9.17, 15) is 14.4 Å². The largest absolute Gasteiger partial charge is 0.444 e. The van der Waals surface area contributed by atoms with Gasteiger partial charge in [0.1, 0.15) is 17.0 Å². The molecule has 0 aliphatic carbocycles. The van der Waals surface area contributed by atoms with E-state index >= 15 is 0 Å². The van der Waals surface area contributed by atoms with Gasteiger partial charge in [0.2, 0.25) is 5.96 Å². The van der Waals surface area contributed by atoms with Crippen LogP contribution in [0.5, 0.6) is 0 Å². The highest BCUT2D eigenvalue weighted by Crippen LogP contribution is 2.16. The first-order valence-electron chi connectivity index (χ1n) is 11.1. The number of aliphatic hydroxyl groups excluding tert-OH is 1. The minimum absolute atomic E-state index is 0.148. The fourth-order valence-electron chi connectivity index (χ4n) is 2.33. The lowest BCUT2D eigenvalue weighted by atomic mass is 10.2. The Kier molecular flexibility index (Phi) is 11.1. The monoisotopic (exact) mass is 501 g/mol. The van der Waals surface area contributed by atoms with Crippen molar-refractivity contribution >= 4 is 29.8 Å². The predicted molar refractivity (Wildman–Crippen MR) is 138 cm³/mol. The summed E-state index contributed by atoms with van der Waals surface area (Å²) in [5.74, 6) is -0.597. The molecule has 0 unspecified atom stereocenters. The number of nitrogens with zero attached hydrogens (tertiary/aromatic N) is 1. The Balaban J connectivity index is 3.06. The Morgan fingerprint density at radius 3 is 2.11 bits per heavy atom. The van der Waals surface area contributed by atoms with Gasteiger partial charge in [-0.25, -0.2) is 14.4 Å². The number of anilines is 1. The summed E-state index contributed by atoms with van der Waals surface area (Å²) in [6.07, 6.45) is 2.81. The van der Waals surface area contributed by atoms with Gasteiger partial charge in [0.05, 0.1) is 12.2 Å². The Bertz CT molecular complexity index is 1040. The highest BCUT2D eigenvalue weighted by Gasteiger charge is 2.20. The van der Waals surface area contributed by atoms with Gasteiger partial charge < -0.3 is 24.6 Å². The smallest absolute Gasteiger partial charge is 0.437 e. The molecular formula is C26H35N3O7. The average molecular weight is 502 g/mol. The third kappa shape index (κ3) is 12.5. The number of esters is 1. The molecule has 1 aromatic rings. The highest BCUT2D eigenvalue weighted by atomic mass is 16.6. The Labute approximate surface area is 211 Å². The number of carbonyl (C=O) groups excluding carboxylic acids is 3. The molecule has 0 aromatic heterocycles. The maximum Gasteiger partial charge on any atom is 0.437 e. The van der Waals surface area contributed by atoms with E-state index in [1.807, 2.05) is 0 Å². The number of rotatable bonds is 6. The van der Waals surface area contributed by atoms with Crippen LogP contribution in [0.1, 0.15) is 58.8 Å². The van der Waals surface area contributed by atoms with Crippen LogP contribution in [0.3, 0.4) is 0 Å². The average Bonchev–Trinajstić information content (AvgIpc) is 2.70. The summed E-state index contributed by atoms with van der Waals surface area (Å²) in [7, 11) is 0.